The number of amides is 2. The first-order chi connectivity index (χ1) is 13.0. The van der Waals surface area contributed by atoms with E-state index in [1.807, 2.05) is 30.3 Å². The zero-order chi connectivity index (χ0) is 19.4. The average molecular weight is 368 g/mol. The van der Waals surface area contributed by atoms with Gasteiger partial charge in [0.1, 0.15) is 6.10 Å². The second-order valence-corrected chi connectivity index (χ2v) is 6.15. The molecule has 1 aliphatic heterocycles. The summed E-state index contributed by atoms with van der Waals surface area (Å²) in [5, 5.41) is 2.65. The van der Waals surface area contributed by atoms with E-state index < -0.39 is 6.09 Å². The van der Waals surface area contributed by atoms with E-state index in [4.69, 9.17) is 9.47 Å². The number of nitrogens with zero attached hydrogens (tertiary/aromatic N) is 1. The lowest BCUT2D eigenvalue weighted by atomic mass is 10.1. The van der Waals surface area contributed by atoms with Gasteiger partial charge in [-0.2, -0.15) is 0 Å². The highest BCUT2D eigenvalue weighted by Crippen LogP contribution is 2.26. The fourth-order valence-corrected chi connectivity index (χ4v) is 2.84. The summed E-state index contributed by atoms with van der Waals surface area (Å²) in [5.41, 5.74) is 2.27. The molecule has 0 unspecified atom stereocenters. The molecule has 2 amide bonds. The molecule has 1 atom stereocenters. The molecule has 0 spiro atoms. The van der Waals surface area contributed by atoms with Crippen molar-refractivity contribution in [1.82, 2.24) is 5.32 Å². The first-order valence-corrected chi connectivity index (χ1v) is 8.49. The van der Waals surface area contributed by atoms with Gasteiger partial charge in [0.2, 0.25) is 11.3 Å². The summed E-state index contributed by atoms with van der Waals surface area (Å²) in [5.74, 6) is 0.116. The Hall–Kier alpha value is -3.35. The van der Waals surface area contributed by atoms with E-state index in [-0.39, 0.29) is 29.7 Å². The van der Waals surface area contributed by atoms with E-state index >= 15 is 0 Å². The maximum Gasteiger partial charge on any atom is 0.414 e. The summed E-state index contributed by atoms with van der Waals surface area (Å²) in [6.45, 7) is 2.08. The SMILES string of the molecule is COc1ccc(-c2ccc(N3C[C@H](CNC(C)=O)OC3=O)cc2)ccc1=O. The molecule has 3 rings (SSSR count). The molecule has 1 saturated heterocycles. The number of ether oxygens (including phenoxy) is 2. The number of cyclic esters (lactones) is 1. The number of methoxy groups -OCH3 is 1. The number of anilines is 1. The van der Waals surface area contributed by atoms with Crippen molar-refractivity contribution in [2.75, 3.05) is 25.1 Å². The summed E-state index contributed by atoms with van der Waals surface area (Å²) < 4.78 is 10.3. The van der Waals surface area contributed by atoms with Crippen molar-refractivity contribution in [1.29, 1.82) is 0 Å². The van der Waals surface area contributed by atoms with E-state index in [1.54, 1.807) is 12.1 Å². The molecule has 0 aliphatic carbocycles. The first-order valence-electron chi connectivity index (χ1n) is 8.49. The maximum absolute atomic E-state index is 12.1. The highest BCUT2D eigenvalue weighted by atomic mass is 16.6. The van der Waals surface area contributed by atoms with Gasteiger partial charge in [0.15, 0.2) is 5.75 Å². The number of hydrogen-bond donors (Lipinski definition) is 1. The molecule has 140 valence electrons. The summed E-state index contributed by atoms with van der Waals surface area (Å²) in [6, 6.07) is 14.0. The average Bonchev–Trinajstić information content (AvgIpc) is 2.92. The van der Waals surface area contributed by atoms with Crippen LogP contribution in [0.5, 0.6) is 5.75 Å². The van der Waals surface area contributed by atoms with E-state index in [2.05, 4.69) is 5.32 Å². The number of nitrogens with one attached hydrogen (secondary N) is 1. The van der Waals surface area contributed by atoms with Crippen LogP contribution in [0, 0.1) is 0 Å². The van der Waals surface area contributed by atoms with Crippen molar-refractivity contribution in [2.45, 2.75) is 13.0 Å². The van der Waals surface area contributed by atoms with Crippen LogP contribution in [-0.2, 0) is 9.53 Å². The Morgan fingerprint density at radius 1 is 1.11 bits per heavy atom. The molecule has 1 aliphatic rings. The molecule has 27 heavy (non-hydrogen) atoms. The Morgan fingerprint density at radius 3 is 2.37 bits per heavy atom. The summed E-state index contributed by atoms with van der Waals surface area (Å²) >= 11 is 0. The van der Waals surface area contributed by atoms with Crippen molar-refractivity contribution >= 4 is 17.7 Å². The molecule has 1 N–H and O–H groups in total. The van der Waals surface area contributed by atoms with Gasteiger partial charge in [-0.15, -0.1) is 0 Å². The molecule has 7 nitrogen and oxygen atoms in total. The predicted octanol–water partition coefficient (Wildman–Crippen LogP) is 2.18. The van der Waals surface area contributed by atoms with Gasteiger partial charge in [0.25, 0.3) is 0 Å². The third kappa shape index (κ3) is 4.25. The molecule has 7 heteroatoms. The predicted molar refractivity (Wildman–Crippen MR) is 101 cm³/mol. The minimum atomic E-state index is -0.440. The first kappa shape index (κ1) is 18.4. The highest BCUT2D eigenvalue weighted by Gasteiger charge is 2.32. The van der Waals surface area contributed by atoms with Gasteiger partial charge in [0.05, 0.1) is 20.2 Å². The second kappa shape index (κ2) is 7.90. The van der Waals surface area contributed by atoms with Crippen LogP contribution in [0.4, 0.5) is 10.5 Å². The van der Waals surface area contributed by atoms with Crippen molar-refractivity contribution in [3.63, 3.8) is 0 Å². The van der Waals surface area contributed by atoms with Gasteiger partial charge >= 0.3 is 6.09 Å². The summed E-state index contributed by atoms with van der Waals surface area (Å²) in [6.07, 6.45) is -0.817. The minimum absolute atomic E-state index is 0.164. The van der Waals surface area contributed by atoms with E-state index in [9.17, 15) is 14.4 Å². The van der Waals surface area contributed by atoms with Gasteiger partial charge in [-0.1, -0.05) is 24.3 Å². The fraction of sp³-hybridized carbons (Fsp3) is 0.250. The van der Waals surface area contributed by atoms with Crippen LogP contribution in [0.3, 0.4) is 0 Å². The number of rotatable bonds is 5. The van der Waals surface area contributed by atoms with Gasteiger partial charge in [0, 0.05) is 12.6 Å². The molecule has 0 bridgehead atoms. The molecule has 2 aromatic rings. The molecule has 1 fully saturated rings. The van der Waals surface area contributed by atoms with Gasteiger partial charge in [-0.25, -0.2) is 4.79 Å². The summed E-state index contributed by atoms with van der Waals surface area (Å²) in [7, 11) is 1.46. The van der Waals surface area contributed by atoms with Gasteiger partial charge in [-0.3, -0.25) is 14.5 Å². The lowest BCUT2D eigenvalue weighted by Crippen LogP contribution is -2.33. The Morgan fingerprint density at radius 2 is 1.74 bits per heavy atom. The Labute approximate surface area is 156 Å². The second-order valence-electron chi connectivity index (χ2n) is 6.15. The van der Waals surface area contributed by atoms with Crippen LogP contribution in [0.15, 0.2) is 53.3 Å². The van der Waals surface area contributed by atoms with Crippen LogP contribution in [0.25, 0.3) is 11.1 Å². The molecule has 0 saturated carbocycles. The highest BCUT2D eigenvalue weighted by molar-refractivity contribution is 5.90. The molecular weight excluding hydrogens is 348 g/mol. The summed E-state index contributed by atoms with van der Waals surface area (Å²) in [4.78, 5) is 36.4. The van der Waals surface area contributed by atoms with Crippen LogP contribution in [-0.4, -0.2) is 38.3 Å². The molecule has 0 aromatic heterocycles. The number of carbonyl (C=O) groups is 2. The third-order valence-corrected chi connectivity index (χ3v) is 4.26. The van der Waals surface area contributed by atoms with Crippen molar-refractivity contribution in [3.05, 3.63) is 58.8 Å². The molecular formula is C20H20N2O5. The maximum atomic E-state index is 12.1. The molecule has 2 aromatic carbocycles. The normalized spacial score (nSPS) is 16.0. The topological polar surface area (TPSA) is 84.9 Å². The number of benzene rings is 1. The zero-order valence-corrected chi connectivity index (χ0v) is 15.1. The lowest BCUT2D eigenvalue weighted by molar-refractivity contribution is -0.119. The lowest BCUT2D eigenvalue weighted by Gasteiger charge is -2.13. The molecule has 1 heterocycles. The largest absolute Gasteiger partial charge is 0.493 e. The quantitative estimate of drug-likeness (QED) is 0.874. The van der Waals surface area contributed by atoms with Crippen LogP contribution < -0.4 is 20.4 Å². The van der Waals surface area contributed by atoms with Crippen molar-refractivity contribution in [3.8, 4) is 16.9 Å². The third-order valence-electron chi connectivity index (χ3n) is 4.26. The van der Waals surface area contributed by atoms with Crippen molar-refractivity contribution < 1.29 is 19.1 Å². The monoisotopic (exact) mass is 368 g/mol. The Bertz CT molecular complexity index is 911. The number of carbonyl (C=O) groups excluding carboxylic acids is 2. The smallest absolute Gasteiger partial charge is 0.414 e. The zero-order valence-electron chi connectivity index (χ0n) is 15.1. The number of hydrogen-bond acceptors (Lipinski definition) is 5. The molecule has 0 radical (unpaired) electrons. The van der Waals surface area contributed by atoms with Crippen LogP contribution >= 0.6 is 0 Å². The van der Waals surface area contributed by atoms with Crippen LogP contribution in [0.2, 0.25) is 0 Å². The fourth-order valence-electron chi connectivity index (χ4n) is 2.84. The minimum Gasteiger partial charge on any atom is -0.493 e. The standard InChI is InChI=1S/C20H20N2O5/c1-13(23)21-11-17-12-22(20(25)27-17)16-7-3-14(4-8-16)15-5-9-18(24)19(26-2)10-6-15/h3-10,17H,11-12H2,1-2H3,(H,21,23)/t17-/m0/s1. The van der Waals surface area contributed by atoms with Crippen LogP contribution in [0.1, 0.15) is 6.92 Å². The van der Waals surface area contributed by atoms with E-state index in [0.29, 0.717) is 12.2 Å². The Kier molecular flexibility index (Phi) is 5.40. The van der Waals surface area contributed by atoms with Crippen molar-refractivity contribution in [2.24, 2.45) is 0 Å². The van der Waals surface area contributed by atoms with Gasteiger partial charge in [-0.05, 0) is 35.4 Å². The van der Waals surface area contributed by atoms with E-state index in [0.717, 1.165) is 11.1 Å². The van der Waals surface area contributed by atoms with Gasteiger partial charge < -0.3 is 14.8 Å². The van der Waals surface area contributed by atoms with E-state index in [1.165, 1.54) is 25.0 Å². The Balaban J connectivity index is 1.76.